The van der Waals surface area contributed by atoms with Gasteiger partial charge in [-0.05, 0) is 31.5 Å². The molecule has 1 aromatic carbocycles. The highest BCUT2D eigenvalue weighted by atomic mass is 32.2. The molecule has 0 radical (unpaired) electrons. The molecule has 110 valence electrons. The molecule has 3 aromatic rings. The lowest BCUT2D eigenvalue weighted by atomic mass is 10.2. The van der Waals surface area contributed by atoms with Gasteiger partial charge >= 0.3 is 0 Å². The predicted octanol–water partition coefficient (Wildman–Crippen LogP) is 1.89. The second kappa shape index (κ2) is 5.21. The zero-order chi connectivity index (χ0) is 15.0. The monoisotopic (exact) mass is 322 g/mol. The van der Waals surface area contributed by atoms with Gasteiger partial charge in [0.25, 0.3) is 0 Å². The SMILES string of the molecule is Cc1cccc(S(=O)(=O)NCc2nn3cc(C)nc3s2)c1. The van der Waals surface area contributed by atoms with E-state index in [9.17, 15) is 8.42 Å². The Kier molecular flexibility index (Phi) is 3.52. The van der Waals surface area contributed by atoms with Crippen molar-refractivity contribution in [3.8, 4) is 0 Å². The summed E-state index contributed by atoms with van der Waals surface area (Å²) in [6.45, 7) is 3.90. The van der Waals surface area contributed by atoms with E-state index in [1.165, 1.54) is 11.3 Å². The van der Waals surface area contributed by atoms with E-state index in [0.29, 0.717) is 5.01 Å². The summed E-state index contributed by atoms with van der Waals surface area (Å²) in [6, 6.07) is 6.80. The number of sulfonamides is 1. The average Bonchev–Trinajstić information content (AvgIpc) is 2.93. The molecule has 0 atom stereocenters. The van der Waals surface area contributed by atoms with Crippen LogP contribution in [0.15, 0.2) is 35.4 Å². The van der Waals surface area contributed by atoms with Crippen molar-refractivity contribution >= 4 is 26.3 Å². The van der Waals surface area contributed by atoms with Gasteiger partial charge in [-0.1, -0.05) is 23.5 Å². The Morgan fingerprint density at radius 2 is 2.14 bits per heavy atom. The third-order valence-electron chi connectivity index (χ3n) is 2.92. The Morgan fingerprint density at radius 1 is 1.33 bits per heavy atom. The fraction of sp³-hybridized carbons (Fsp3) is 0.231. The van der Waals surface area contributed by atoms with Crippen LogP contribution in [-0.2, 0) is 16.6 Å². The number of nitrogens with zero attached hydrogens (tertiary/aromatic N) is 3. The molecule has 2 heterocycles. The Bertz CT molecular complexity index is 864. The predicted molar refractivity (Wildman–Crippen MR) is 80.8 cm³/mol. The van der Waals surface area contributed by atoms with Gasteiger partial charge < -0.3 is 0 Å². The number of rotatable bonds is 4. The summed E-state index contributed by atoms with van der Waals surface area (Å²) in [4.78, 5) is 5.31. The van der Waals surface area contributed by atoms with Crippen LogP contribution in [0.3, 0.4) is 0 Å². The summed E-state index contributed by atoms with van der Waals surface area (Å²) >= 11 is 1.37. The third-order valence-corrected chi connectivity index (χ3v) is 5.24. The first-order chi connectivity index (χ1) is 9.94. The molecular weight excluding hydrogens is 308 g/mol. The molecular formula is C13H14N4O2S2. The van der Waals surface area contributed by atoms with Crippen LogP contribution < -0.4 is 4.72 Å². The number of nitrogens with one attached hydrogen (secondary N) is 1. The zero-order valence-electron chi connectivity index (χ0n) is 11.6. The molecule has 6 nitrogen and oxygen atoms in total. The smallest absolute Gasteiger partial charge is 0.223 e. The third kappa shape index (κ3) is 2.97. The molecule has 0 fully saturated rings. The van der Waals surface area contributed by atoms with Gasteiger partial charge in [0.05, 0.1) is 23.3 Å². The summed E-state index contributed by atoms with van der Waals surface area (Å²) in [5.41, 5.74) is 1.79. The lowest BCUT2D eigenvalue weighted by molar-refractivity contribution is 0.580. The summed E-state index contributed by atoms with van der Waals surface area (Å²) in [7, 11) is -3.52. The van der Waals surface area contributed by atoms with Crippen LogP contribution in [0, 0.1) is 13.8 Å². The van der Waals surface area contributed by atoms with Crippen molar-refractivity contribution in [2.75, 3.05) is 0 Å². The number of aryl methyl sites for hydroxylation is 2. The van der Waals surface area contributed by atoms with Gasteiger partial charge in [0.15, 0.2) is 0 Å². The molecule has 21 heavy (non-hydrogen) atoms. The first-order valence-corrected chi connectivity index (χ1v) is 8.62. The van der Waals surface area contributed by atoms with Crippen LogP contribution in [-0.4, -0.2) is 23.0 Å². The lowest BCUT2D eigenvalue weighted by Crippen LogP contribution is -2.23. The molecule has 0 bridgehead atoms. The highest BCUT2D eigenvalue weighted by Crippen LogP contribution is 2.16. The van der Waals surface area contributed by atoms with Gasteiger partial charge in [-0.2, -0.15) is 5.10 Å². The van der Waals surface area contributed by atoms with Crippen molar-refractivity contribution in [2.24, 2.45) is 0 Å². The summed E-state index contributed by atoms with van der Waals surface area (Å²) in [5, 5.41) is 4.97. The van der Waals surface area contributed by atoms with Crippen LogP contribution in [0.5, 0.6) is 0 Å². The maximum absolute atomic E-state index is 12.2. The van der Waals surface area contributed by atoms with Gasteiger partial charge in [-0.15, -0.1) is 0 Å². The van der Waals surface area contributed by atoms with Crippen LogP contribution in [0.2, 0.25) is 0 Å². The molecule has 1 N–H and O–H groups in total. The molecule has 8 heteroatoms. The van der Waals surface area contributed by atoms with E-state index in [1.54, 1.807) is 22.7 Å². The molecule has 0 aliphatic heterocycles. The average molecular weight is 322 g/mol. The van der Waals surface area contributed by atoms with Gasteiger partial charge in [0.2, 0.25) is 15.0 Å². The van der Waals surface area contributed by atoms with E-state index < -0.39 is 10.0 Å². The molecule has 0 aliphatic carbocycles. The molecule has 0 spiro atoms. The summed E-state index contributed by atoms with van der Waals surface area (Å²) in [5.74, 6) is 0. The normalized spacial score (nSPS) is 12.1. The van der Waals surface area contributed by atoms with Crippen molar-refractivity contribution in [3.05, 3.63) is 46.7 Å². The maximum atomic E-state index is 12.2. The van der Waals surface area contributed by atoms with E-state index in [1.807, 2.05) is 26.1 Å². The van der Waals surface area contributed by atoms with Crippen LogP contribution in [0.4, 0.5) is 0 Å². The second-order valence-electron chi connectivity index (χ2n) is 4.75. The van der Waals surface area contributed by atoms with E-state index in [-0.39, 0.29) is 11.4 Å². The molecule has 0 saturated heterocycles. The molecule has 0 saturated carbocycles. The zero-order valence-corrected chi connectivity index (χ0v) is 13.2. The molecule has 0 aliphatic rings. The van der Waals surface area contributed by atoms with Crippen molar-refractivity contribution in [3.63, 3.8) is 0 Å². The van der Waals surface area contributed by atoms with Gasteiger partial charge in [0.1, 0.15) is 5.01 Å². The highest BCUT2D eigenvalue weighted by molar-refractivity contribution is 7.89. The Labute approximate surface area is 126 Å². The number of fused-ring (bicyclic) bond motifs is 1. The van der Waals surface area contributed by atoms with Crippen molar-refractivity contribution < 1.29 is 8.42 Å². The largest absolute Gasteiger partial charge is 0.240 e. The molecule has 2 aromatic heterocycles. The minimum atomic E-state index is -3.52. The first kappa shape index (κ1) is 14.2. The molecule has 0 amide bonds. The quantitative estimate of drug-likeness (QED) is 0.796. The highest BCUT2D eigenvalue weighted by Gasteiger charge is 2.15. The first-order valence-electron chi connectivity index (χ1n) is 6.32. The summed E-state index contributed by atoms with van der Waals surface area (Å²) < 4.78 is 28.6. The second-order valence-corrected chi connectivity index (χ2v) is 7.55. The maximum Gasteiger partial charge on any atom is 0.240 e. The van der Waals surface area contributed by atoms with Gasteiger partial charge in [-0.25, -0.2) is 22.6 Å². The number of aromatic nitrogens is 3. The Balaban J connectivity index is 1.78. The van der Waals surface area contributed by atoms with Gasteiger partial charge in [0, 0.05) is 0 Å². The van der Waals surface area contributed by atoms with Gasteiger partial charge in [-0.3, -0.25) is 0 Å². The van der Waals surface area contributed by atoms with Crippen LogP contribution in [0.25, 0.3) is 4.96 Å². The van der Waals surface area contributed by atoms with Crippen LogP contribution >= 0.6 is 11.3 Å². The lowest BCUT2D eigenvalue weighted by Gasteiger charge is -2.05. The van der Waals surface area contributed by atoms with E-state index in [0.717, 1.165) is 16.2 Å². The molecule has 0 unspecified atom stereocenters. The minimum absolute atomic E-state index is 0.156. The van der Waals surface area contributed by atoms with E-state index >= 15 is 0 Å². The standard InChI is InChI=1S/C13H14N4O2S2/c1-9-4-3-5-11(6-9)21(18,19)14-7-12-16-17-8-10(2)15-13(17)20-12/h3-6,8,14H,7H2,1-2H3. The fourth-order valence-electron chi connectivity index (χ4n) is 1.94. The number of hydrogen-bond donors (Lipinski definition) is 1. The van der Waals surface area contributed by atoms with Crippen molar-refractivity contribution in [2.45, 2.75) is 25.3 Å². The summed E-state index contributed by atoms with van der Waals surface area (Å²) in [6.07, 6.45) is 1.81. The topological polar surface area (TPSA) is 76.4 Å². The van der Waals surface area contributed by atoms with E-state index in [2.05, 4.69) is 14.8 Å². The van der Waals surface area contributed by atoms with Crippen LogP contribution in [0.1, 0.15) is 16.3 Å². The van der Waals surface area contributed by atoms with Crippen molar-refractivity contribution in [1.82, 2.24) is 19.3 Å². The number of imidazole rings is 1. The molecule has 3 rings (SSSR count). The Hall–Kier alpha value is -1.77. The minimum Gasteiger partial charge on any atom is -0.223 e. The van der Waals surface area contributed by atoms with E-state index in [4.69, 9.17) is 0 Å². The fourth-order valence-corrected chi connectivity index (χ4v) is 3.99. The number of benzene rings is 1. The number of hydrogen-bond acceptors (Lipinski definition) is 5. The van der Waals surface area contributed by atoms with Crippen molar-refractivity contribution in [1.29, 1.82) is 0 Å². The Morgan fingerprint density at radius 3 is 2.86 bits per heavy atom.